The normalized spacial score (nSPS) is 10.2. The molecule has 0 unspecified atom stereocenters. The Balaban J connectivity index is 2.85. The van der Waals surface area contributed by atoms with E-state index in [2.05, 4.69) is 9.97 Å². The summed E-state index contributed by atoms with van der Waals surface area (Å²) in [6.07, 6.45) is 5.20. The Labute approximate surface area is 85.6 Å². The van der Waals surface area contributed by atoms with E-state index in [9.17, 15) is 0 Å². The molecule has 0 fully saturated rings. The molecule has 1 aromatic rings. The van der Waals surface area contributed by atoms with Crippen molar-refractivity contribution in [3.8, 4) is 6.07 Å². The summed E-state index contributed by atoms with van der Waals surface area (Å²) < 4.78 is 0. The highest BCUT2D eigenvalue weighted by molar-refractivity contribution is 6.32. The summed E-state index contributed by atoms with van der Waals surface area (Å²) >= 11 is 11.2. The minimum Gasteiger partial charge on any atom is -0.226 e. The van der Waals surface area contributed by atoms with E-state index >= 15 is 0 Å². The highest BCUT2D eigenvalue weighted by Crippen LogP contribution is 2.15. The predicted octanol–water partition coefficient (Wildman–Crippen LogP) is 2.71. The van der Waals surface area contributed by atoms with Gasteiger partial charge in [-0.1, -0.05) is 23.8 Å². The first-order chi connectivity index (χ1) is 6.24. The molecule has 0 spiro atoms. The third kappa shape index (κ3) is 3.02. The first-order valence-corrected chi connectivity index (χ1v) is 4.21. The maximum Gasteiger partial charge on any atom is 0.223 e. The number of nitrogens with zero attached hydrogens (tertiary/aromatic N) is 3. The molecule has 3 nitrogen and oxygen atoms in total. The van der Waals surface area contributed by atoms with Gasteiger partial charge in [0, 0.05) is 11.8 Å². The third-order valence-electron chi connectivity index (χ3n) is 1.25. The van der Waals surface area contributed by atoms with Gasteiger partial charge in [0.15, 0.2) is 0 Å². The minimum absolute atomic E-state index is 0.113. The Morgan fingerprint density at radius 1 is 1.54 bits per heavy atom. The van der Waals surface area contributed by atoms with E-state index in [-0.39, 0.29) is 10.4 Å². The van der Waals surface area contributed by atoms with Gasteiger partial charge in [-0.05, 0) is 11.6 Å². The van der Waals surface area contributed by atoms with Gasteiger partial charge < -0.3 is 0 Å². The zero-order valence-corrected chi connectivity index (χ0v) is 8.05. The lowest BCUT2D eigenvalue weighted by Crippen LogP contribution is -1.85. The van der Waals surface area contributed by atoms with Crippen LogP contribution in [0.25, 0.3) is 6.08 Å². The largest absolute Gasteiger partial charge is 0.226 e. The molecule has 0 saturated heterocycles. The van der Waals surface area contributed by atoms with Crippen LogP contribution < -0.4 is 0 Å². The van der Waals surface area contributed by atoms with Crippen LogP contribution in [0.1, 0.15) is 12.0 Å². The van der Waals surface area contributed by atoms with E-state index in [0.29, 0.717) is 12.0 Å². The number of hydrogen-bond acceptors (Lipinski definition) is 3. The molecule has 0 atom stereocenters. The van der Waals surface area contributed by atoms with Crippen molar-refractivity contribution in [3.63, 3.8) is 0 Å². The lowest BCUT2D eigenvalue weighted by atomic mass is 10.3. The molecule has 0 aliphatic carbocycles. The van der Waals surface area contributed by atoms with Crippen molar-refractivity contribution in [2.75, 3.05) is 0 Å². The van der Waals surface area contributed by atoms with Crippen molar-refractivity contribution >= 4 is 29.3 Å². The van der Waals surface area contributed by atoms with Crippen LogP contribution >= 0.6 is 23.2 Å². The molecule has 0 radical (unpaired) electrons. The molecule has 1 heterocycles. The standard InChI is InChI=1S/C8H5Cl2N3/c9-7-6(3-1-2-4-11)5-12-8(10)13-7/h1,3,5H,2H2. The SMILES string of the molecule is N#CCC=Cc1cnc(Cl)nc1Cl. The van der Waals surface area contributed by atoms with Crippen molar-refractivity contribution < 1.29 is 0 Å². The second kappa shape index (κ2) is 4.80. The average molecular weight is 214 g/mol. The molecule has 13 heavy (non-hydrogen) atoms. The van der Waals surface area contributed by atoms with E-state index in [4.69, 9.17) is 28.5 Å². The van der Waals surface area contributed by atoms with Crippen molar-refractivity contribution in [2.24, 2.45) is 0 Å². The van der Waals surface area contributed by atoms with Crippen LogP contribution in [-0.4, -0.2) is 9.97 Å². The number of rotatable bonds is 2. The Morgan fingerprint density at radius 3 is 2.92 bits per heavy atom. The minimum atomic E-state index is 0.113. The quantitative estimate of drug-likeness (QED) is 0.561. The summed E-state index contributed by atoms with van der Waals surface area (Å²) in [7, 11) is 0. The highest BCUT2D eigenvalue weighted by Gasteiger charge is 1.99. The molecule has 1 rings (SSSR count). The fraction of sp³-hybridized carbons (Fsp3) is 0.125. The average Bonchev–Trinajstić information content (AvgIpc) is 2.09. The van der Waals surface area contributed by atoms with Crippen molar-refractivity contribution in [1.82, 2.24) is 9.97 Å². The van der Waals surface area contributed by atoms with Gasteiger partial charge in [-0.3, -0.25) is 0 Å². The van der Waals surface area contributed by atoms with Crippen molar-refractivity contribution in [3.05, 3.63) is 28.3 Å². The Morgan fingerprint density at radius 2 is 2.31 bits per heavy atom. The van der Waals surface area contributed by atoms with Crippen LogP contribution in [-0.2, 0) is 0 Å². The molecule has 0 bridgehead atoms. The molecule has 1 aromatic heterocycles. The fourth-order valence-corrected chi connectivity index (χ4v) is 1.07. The number of allylic oxidation sites excluding steroid dienone is 1. The van der Waals surface area contributed by atoms with Crippen LogP contribution in [0.4, 0.5) is 0 Å². The van der Waals surface area contributed by atoms with Crippen LogP contribution in [0.3, 0.4) is 0 Å². The van der Waals surface area contributed by atoms with Gasteiger partial charge in [-0.25, -0.2) is 9.97 Å². The van der Waals surface area contributed by atoms with Crippen molar-refractivity contribution in [2.45, 2.75) is 6.42 Å². The molecule has 66 valence electrons. The van der Waals surface area contributed by atoms with Gasteiger partial charge in [-0.2, -0.15) is 5.26 Å². The van der Waals surface area contributed by atoms with Crippen LogP contribution in [0.15, 0.2) is 12.3 Å². The number of hydrogen-bond donors (Lipinski definition) is 0. The van der Waals surface area contributed by atoms with Gasteiger partial charge in [0.1, 0.15) is 5.15 Å². The smallest absolute Gasteiger partial charge is 0.223 e. The summed E-state index contributed by atoms with van der Waals surface area (Å²) in [6.45, 7) is 0. The Bertz CT molecular complexity index is 368. The first-order valence-electron chi connectivity index (χ1n) is 3.45. The van der Waals surface area contributed by atoms with E-state index in [1.165, 1.54) is 6.20 Å². The van der Waals surface area contributed by atoms with Crippen LogP contribution in [0.5, 0.6) is 0 Å². The summed E-state index contributed by atoms with van der Waals surface area (Å²) in [5.74, 6) is 0. The molecular weight excluding hydrogens is 209 g/mol. The number of aromatic nitrogens is 2. The van der Waals surface area contributed by atoms with Gasteiger partial charge >= 0.3 is 0 Å². The molecule has 0 saturated carbocycles. The molecule has 0 aliphatic rings. The van der Waals surface area contributed by atoms with E-state index in [1.807, 2.05) is 6.07 Å². The van der Waals surface area contributed by atoms with Crippen molar-refractivity contribution in [1.29, 1.82) is 5.26 Å². The molecule has 0 aliphatic heterocycles. The van der Waals surface area contributed by atoms with E-state index < -0.39 is 0 Å². The van der Waals surface area contributed by atoms with Gasteiger partial charge in [0.25, 0.3) is 0 Å². The highest BCUT2D eigenvalue weighted by atomic mass is 35.5. The Kier molecular flexibility index (Phi) is 3.69. The third-order valence-corrected chi connectivity index (χ3v) is 1.73. The monoisotopic (exact) mass is 213 g/mol. The zero-order chi connectivity index (χ0) is 9.68. The van der Waals surface area contributed by atoms with E-state index in [1.54, 1.807) is 12.2 Å². The number of halogens is 2. The lowest BCUT2D eigenvalue weighted by Gasteiger charge is -1.95. The second-order valence-corrected chi connectivity index (χ2v) is 2.85. The topological polar surface area (TPSA) is 49.6 Å². The second-order valence-electron chi connectivity index (χ2n) is 2.15. The summed E-state index contributed by atoms with van der Waals surface area (Å²) in [5.41, 5.74) is 0.654. The molecule has 0 amide bonds. The maximum absolute atomic E-state index is 8.27. The van der Waals surface area contributed by atoms with Gasteiger partial charge in [0.05, 0.1) is 12.5 Å². The zero-order valence-electron chi connectivity index (χ0n) is 6.54. The molecular formula is C8H5Cl2N3. The van der Waals surface area contributed by atoms with Crippen LogP contribution in [0.2, 0.25) is 10.4 Å². The first kappa shape index (κ1) is 9.97. The number of nitriles is 1. The molecule has 0 N–H and O–H groups in total. The summed E-state index contributed by atoms with van der Waals surface area (Å²) in [6, 6.07) is 1.97. The summed E-state index contributed by atoms with van der Waals surface area (Å²) in [5, 5.41) is 8.67. The molecule has 0 aromatic carbocycles. The summed E-state index contributed by atoms with van der Waals surface area (Å²) in [4.78, 5) is 7.49. The van der Waals surface area contributed by atoms with Gasteiger partial charge in [0.2, 0.25) is 5.28 Å². The van der Waals surface area contributed by atoms with Crippen LogP contribution in [0, 0.1) is 11.3 Å². The van der Waals surface area contributed by atoms with E-state index in [0.717, 1.165) is 0 Å². The maximum atomic E-state index is 8.27. The predicted molar refractivity (Wildman–Crippen MR) is 51.3 cm³/mol. The lowest BCUT2D eigenvalue weighted by molar-refractivity contribution is 1.16. The Hall–Kier alpha value is -1.11. The van der Waals surface area contributed by atoms with Gasteiger partial charge in [-0.15, -0.1) is 0 Å². The fourth-order valence-electron chi connectivity index (χ4n) is 0.701. The molecule has 5 heteroatoms.